The average Bonchev–Trinajstić information content (AvgIpc) is 3.05. The molecule has 2 aliphatic carbocycles. The van der Waals surface area contributed by atoms with E-state index in [1.54, 1.807) is 15.8 Å². The minimum absolute atomic E-state index is 0.0983. The van der Waals surface area contributed by atoms with Crippen LogP contribution in [0.25, 0.3) is 0 Å². The molecule has 8 heteroatoms. The van der Waals surface area contributed by atoms with Crippen molar-refractivity contribution in [3.63, 3.8) is 0 Å². The van der Waals surface area contributed by atoms with Gasteiger partial charge in [-0.2, -0.15) is 5.10 Å². The van der Waals surface area contributed by atoms with E-state index in [2.05, 4.69) is 17.3 Å². The lowest BCUT2D eigenvalue weighted by Crippen LogP contribution is -2.51. The van der Waals surface area contributed by atoms with E-state index in [0.717, 1.165) is 12.1 Å². The highest BCUT2D eigenvalue weighted by Gasteiger charge is 2.46. The summed E-state index contributed by atoms with van der Waals surface area (Å²) in [5, 5.41) is 6.94. The lowest BCUT2D eigenvalue weighted by Gasteiger charge is -2.37. The van der Waals surface area contributed by atoms with Crippen LogP contribution in [-0.4, -0.2) is 45.0 Å². The van der Waals surface area contributed by atoms with Crippen molar-refractivity contribution in [3.05, 3.63) is 18.0 Å². The van der Waals surface area contributed by atoms with Crippen LogP contribution in [0.15, 0.2) is 12.3 Å². The fourth-order valence-electron chi connectivity index (χ4n) is 3.87. The van der Waals surface area contributed by atoms with Gasteiger partial charge in [-0.25, -0.2) is 8.78 Å². The highest BCUT2D eigenvalue weighted by molar-refractivity contribution is 5.82. The second-order valence-electron chi connectivity index (χ2n) is 7.69. The molecular weight excluding hydrogens is 330 g/mol. The van der Waals surface area contributed by atoms with Crippen LogP contribution in [0.1, 0.15) is 44.3 Å². The van der Waals surface area contributed by atoms with Gasteiger partial charge in [-0.15, -0.1) is 0 Å². The average molecular weight is 352 g/mol. The van der Waals surface area contributed by atoms with E-state index in [1.165, 1.54) is 0 Å². The number of nitrogens with zero attached hydrogens (tertiary/aromatic N) is 3. The topological polar surface area (TPSA) is 67.2 Å². The van der Waals surface area contributed by atoms with Crippen LogP contribution < -0.4 is 5.32 Å². The Labute approximate surface area is 144 Å². The molecule has 1 aromatic heterocycles. The molecule has 136 valence electrons. The SMILES string of the molecule is C[C@@H]1C[C@H]1C(=O)N1Cc2ccnn2[C@@H](CC(=O)NC2CC(F)(F)C2)C1. The molecule has 1 N–H and O–H groups in total. The molecule has 1 aliphatic heterocycles. The number of fused-ring (bicyclic) bond motifs is 1. The number of halogens is 2. The maximum absolute atomic E-state index is 12.9. The van der Waals surface area contributed by atoms with Gasteiger partial charge in [0.2, 0.25) is 11.8 Å². The van der Waals surface area contributed by atoms with Crippen molar-refractivity contribution in [2.75, 3.05) is 6.54 Å². The number of rotatable bonds is 4. The minimum atomic E-state index is -2.65. The van der Waals surface area contributed by atoms with Crippen LogP contribution in [0, 0.1) is 11.8 Å². The maximum Gasteiger partial charge on any atom is 0.252 e. The Morgan fingerprint density at radius 1 is 1.40 bits per heavy atom. The highest BCUT2D eigenvalue weighted by Crippen LogP contribution is 2.40. The van der Waals surface area contributed by atoms with Crippen LogP contribution in [-0.2, 0) is 16.1 Å². The van der Waals surface area contributed by atoms with Gasteiger partial charge >= 0.3 is 0 Å². The summed E-state index contributed by atoms with van der Waals surface area (Å²) in [5.41, 5.74) is 0.904. The molecule has 3 atom stereocenters. The van der Waals surface area contributed by atoms with E-state index in [4.69, 9.17) is 0 Å². The molecule has 0 saturated heterocycles. The third kappa shape index (κ3) is 3.26. The molecule has 0 radical (unpaired) electrons. The largest absolute Gasteiger partial charge is 0.353 e. The zero-order valence-corrected chi connectivity index (χ0v) is 14.1. The molecule has 0 unspecified atom stereocenters. The highest BCUT2D eigenvalue weighted by atomic mass is 19.3. The Balaban J connectivity index is 1.40. The number of carbonyl (C=O) groups is 2. The second kappa shape index (κ2) is 5.78. The first-order valence-electron chi connectivity index (χ1n) is 8.81. The van der Waals surface area contributed by atoms with Crippen molar-refractivity contribution in [2.45, 2.75) is 57.2 Å². The molecule has 6 nitrogen and oxygen atoms in total. The van der Waals surface area contributed by atoms with Crippen molar-refractivity contribution in [3.8, 4) is 0 Å². The third-order valence-electron chi connectivity index (χ3n) is 5.50. The minimum Gasteiger partial charge on any atom is -0.353 e. The summed E-state index contributed by atoms with van der Waals surface area (Å²) in [5.74, 6) is -2.24. The van der Waals surface area contributed by atoms with Gasteiger partial charge in [-0.3, -0.25) is 14.3 Å². The molecule has 0 aromatic carbocycles. The summed E-state index contributed by atoms with van der Waals surface area (Å²) >= 11 is 0. The van der Waals surface area contributed by atoms with Gasteiger partial charge < -0.3 is 10.2 Å². The Morgan fingerprint density at radius 2 is 2.12 bits per heavy atom. The Bertz CT molecular complexity index is 697. The smallest absolute Gasteiger partial charge is 0.252 e. The second-order valence-corrected chi connectivity index (χ2v) is 7.69. The number of hydrogen-bond donors (Lipinski definition) is 1. The van der Waals surface area contributed by atoms with E-state index in [-0.39, 0.29) is 43.0 Å². The van der Waals surface area contributed by atoms with Crippen molar-refractivity contribution in [1.82, 2.24) is 20.0 Å². The number of carbonyl (C=O) groups excluding carboxylic acids is 2. The summed E-state index contributed by atoms with van der Waals surface area (Å²) in [4.78, 5) is 26.6. The summed E-state index contributed by atoms with van der Waals surface area (Å²) in [6.45, 7) is 3.01. The number of nitrogens with one attached hydrogen (secondary N) is 1. The normalized spacial score (nSPS) is 30.4. The molecule has 1 aromatic rings. The molecule has 2 fully saturated rings. The number of hydrogen-bond acceptors (Lipinski definition) is 3. The van der Waals surface area contributed by atoms with E-state index in [9.17, 15) is 18.4 Å². The summed E-state index contributed by atoms with van der Waals surface area (Å²) in [6, 6.07) is 1.15. The van der Waals surface area contributed by atoms with Crippen LogP contribution in [0.4, 0.5) is 8.78 Å². The van der Waals surface area contributed by atoms with E-state index in [0.29, 0.717) is 19.0 Å². The zero-order valence-electron chi connectivity index (χ0n) is 14.1. The van der Waals surface area contributed by atoms with Gasteiger partial charge in [0.15, 0.2) is 0 Å². The maximum atomic E-state index is 12.9. The number of amides is 2. The Morgan fingerprint density at radius 3 is 2.76 bits per heavy atom. The fraction of sp³-hybridized carbons (Fsp3) is 0.706. The van der Waals surface area contributed by atoms with Gasteiger partial charge in [0.05, 0.1) is 24.7 Å². The van der Waals surface area contributed by atoms with Crippen LogP contribution >= 0.6 is 0 Å². The van der Waals surface area contributed by atoms with Crippen LogP contribution in [0.3, 0.4) is 0 Å². The lowest BCUT2D eigenvalue weighted by molar-refractivity contribution is -0.137. The van der Waals surface area contributed by atoms with Gasteiger partial charge in [-0.05, 0) is 18.4 Å². The van der Waals surface area contributed by atoms with Crippen molar-refractivity contribution >= 4 is 11.8 Å². The van der Waals surface area contributed by atoms with Gasteiger partial charge in [0.1, 0.15) is 0 Å². The number of aromatic nitrogens is 2. The molecule has 25 heavy (non-hydrogen) atoms. The molecule has 2 saturated carbocycles. The summed E-state index contributed by atoms with van der Waals surface area (Å²) in [7, 11) is 0. The molecule has 0 bridgehead atoms. The van der Waals surface area contributed by atoms with E-state index < -0.39 is 12.0 Å². The first-order valence-corrected chi connectivity index (χ1v) is 8.81. The Hall–Kier alpha value is -1.99. The van der Waals surface area contributed by atoms with E-state index >= 15 is 0 Å². The quantitative estimate of drug-likeness (QED) is 0.897. The predicted octanol–water partition coefficient (Wildman–Crippen LogP) is 1.73. The Kier molecular flexibility index (Phi) is 3.81. The van der Waals surface area contributed by atoms with E-state index in [1.807, 2.05) is 6.07 Å². The summed E-state index contributed by atoms with van der Waals surface area (Å²) < 4.78 is 27.6. The predicted molar refractivity (Wildman–Crippen MR) is 84.7 cm³/mol. The van der Waals surface area contributed by atoms with Crippen molar-refractivity contribution in [2.24, 2.45) is 11.8 Å². The molecular formula is C17H22F2N4O2. The van der Waals surface area contributed by atoms with Gasteiger partial charge in [0.25, 0.3) is 5.92 Å². The molecule has 3 aliphatic rings. The van der Waals surface area contributed by atoms with Crippen molar-refractivity contribution in [1.29, 1.82) is 0 Å². The standard InChI is InChI=1S/C17H22F2N4O2/c1-10-4-14(10)16(25)22-8-12-2-3-20-23(12)13(9-22)5-15(24)21-11-6-17(18,19)7-11/h2-3,10-11,13-14H,4-9H2,1H3,(H,21,24)/t10-,13+,14-/m1/s1. The van der Waals surface area contributed by atoms with Crippen LogP contribution in [0.2, 0.25) is 0 Å². The lowest BCUT2D eigenvalue weighted by atomic mass is 9.88. The first kappa shape index (κ1) is 16.5. The molecule has 2 amide bonds. The zero-order chi connectivity index (χ0) is 17.8. The number of alkyl halides is 2. The van der Waals surface area contributed by atoms with Gasteiger partial charge in [0, 0.05) is 37.5 Å². The first-order chi connectivity index (χ1) is 11.8. The fourth-order valence-corrected chi connectivity index (χ4v) is 3.87. The summed E-state index contributed by atoms with van der Waals surface area (Å²) in [6.07, 6.45) is 2.15. The third-order valence-corrected chi connectivity index (χ3v) is 5.50. The molecule has 2 heterocycles. The van der Waals surface area contributed by atoms with Crippen LogP contribution in [0.5, 0.6) is 0 Å². The molecule has 4 rings (SSSR count). The molecule has 0 spiro atoms. The monoisotopic (exact) mass is 352 g/mol. The van der Waals surface area contributed by atoms with Crippen molar-refractivity contribution < 1.29 is 18.4 Å². The van der Waals surface area contributed by atoms with Gasteiger partial charge in [-0.1, -0.05) is 6.92 Å².